The van der Waals surface area contributed by atoms with Gasteiger partial charge in [-0.15, -0.1) is 45.3 Å². The van der Waals surface area contributed by atoms with Crippen molar-refractivity contribution in [3.05, 3.63) is 55.9 Å². The Labute approximate surface area is 316 Å². The van der Waals surface area contributed by atoms with E-state index in [-0.39, 0.29) is 11.8 Å². The Bertz CT molecular complexity index is 1610. The smallest absolute Gasteiger partial charge is 0.261 e. The molecule has 6 heterocycles. The third-order valence-corrected chi connectivity index (χ3v) is 14.9. The Morgan fingerprint density at radius 1 is 0.520 bits per heavy atom. The molecule has 50 heavy (non-hydrogen) atoms. The number of unbranched alkanes of at least 4 members (excludes halogenated alkanes) is 8. The van der Waals surface area contributed by atoms with Crippen LogP contribution in [0.3, 0.4) is 0 Å². The average Bonchev–Trinajstić information content (AvgIpc) is 3.95. The first kappa shape index (κ1) is 37.5. The highest BCUT2D eigenvalue weighted by Crippen LogP contribution is 2.51. The third-order valence-electron chi connectivity index (χ3n) is 10.7. The molecule has 8 heteroatoms. The highest BCUT2D eigenvalue weighted by Gasteiger charge is 2.50. The lowest BCUT2D eigenvalue weighted by molar-refractivity contribution is -0.124. The van der Waals surface area contributed by atoms with Gasteiger partial charge in [-0.25, -0.2) is 0 Å². The van der Waals surface area contributed by atoms with Crippen molar-refractivity contribution in [1.82, 2.24) is 9.80 Å². The lowest BCUT2D eigenvalue weighted by Crippen LogP contribution is -2.34. The number of amides is 2. The summed E-state index contributed by atoms with van der Waals surface area (Å²) < 4.78 is 4.94. The molecule has 2 atom stereocenters. The number of carbonyl (C=O) groups excluding carboxylic acids is 2. The average molecular weight is 749 g/mol. The van der Waals surface area contributed by atoms with Gasteiger partial charge in [0.25, 0.3) is 11.8 Å². The Hall–Kier alpha value is -2.26. The molecule has 0 saturated heterocycles. The number of nitrogens with zero attached hydrogens (tertiary/aromatic N) is 2. The molecule has 2 aliphatic rings. The minimum absolute atomic E-state index is 0.0393. The lowest BCUT2D eigenvalue weighted by Gasteiger charge is -2.29. The molecule has 2 aliphatic heterocycles. The number of hydrogen-bond donors (Lipinski definition) is 0. The molecule has 6 rings (SSSR count). The maximum absolute atomic E-state index is 15.1. The van der Waals surface area contributed by atoms with Crippen LogP contribution >= 0.6 is 45.3 Å². The second-order valence-electron chi connectivity index (χ2n) is 14.5. The van der Waals surface area contributed by atoms with Crippen molar-refractivity contribution in [2.45, 2.75) is 130 Å². The molecule has 4 aromatic heterocycles. The van der Waals surface area contributed by atoms with Gasteiger partial charge in [0, 0.05) is 31.9 Å². The lowest BCUT2D eigenvalue weighted by atomic mass is 9.94. The topological polar surface area (TPSA) is 40.6 Å². The van der Waals surface area contributed by atoms with Crippen molar-refractivity contribution in [3.8, 4) is 0 Å². The first-order valence-electron chi connectivity index (χ1n) is 19.6. The van der Waals surface area contributed by atoms with E-state index in [9.17, 15) is 0 Å². The zero-order valence-electron chi connectivity index (χ0n) is 30.7. The van der Waals surface area contributed by atoms with E-state index in [1.54, 1.807) is 45.3 Å². The fraction of sp³-hybridized carbons (Fsp3) is 0.571. The molecule has 0 spiro atoms. The Balaban J connectivity index is 1.44. The number of carbonyl (C=O) groups is 2. The van der Waals surface area contributed by atoms with E-state index >= 15 is 9.59 Å². The Kier molecular flexibility index (Phi) is 13.5. The van der Waals surface area contributed by atoms with Crippen LogP contribution in [0.2, 0.25) is 0 Å². The molecule has 4 nitrogen and oxygen atoms in total. The summed E-state index contributed by atoms with van der Waals surface area (Å²) in [5.74, 6) is 0.931. The molecule has 0 N–H and O–H groups in total. The van der Waals surface area contributed by atoms with Crippen LogP contribution in [0.1, 0.15) is 140 Å². The van der Waals surface area contributed by atoms with Gasteiger partial charge < -0.3 is 9.80 Å². The van der Waals surface area contributed by atoms with Crippen LogP contribution in [-0.2, 0) is 9.59 Å². The van der Waals surface area contributed by atoms with Gasteiger partial charge in [-0.1, -0.05) is 105 Å². The van der Waals surface area contributed by atoms with Crippen LogP contribution in [0.15, 0.2) is 46.2 Å². The maximum Gasteiger partial charge on any atom is 0.261 e. The van der Waals surface area contributed by atoms with Crippen molar-refractivity contribution in [2.24, 2.45) is 11.8 Å². The summed E-state index contributed by atoms with van der Waals surface area (Å²) in [4.78, 5) is 36.5. The summed E-state index contributed by atoms with van der Waals surface area (Å²) in [7, 11) is 0. The van der Waals surface area contributed by atoms with Gasteiger partial charge in [0.15, 0.2) is 0 Å². The molecule has 4 aromatic rings. The van der Waals surface area contributed by atoms with Crippen LogP contribution in [0.4, 0.5) is 0 Å². The predicted molar refractivity (Wildman–Crippen MR) is 220 cm³/mol. The molecule has 2 unspecified atom stereocenters. The van der Waals surface area contributed by atoms with Gasteiger partial charge >= 0.3 is 0 Å². The fourth-order valence-electron chi connectivity index (χ4n) is 7.90. The van der Waals surface area contributed by atoms with Crippen LogP contribution in [0.5, 0.6) is 0 Å². The second kappa shape index (κ2) is 18.0. The van der Waals surface area contributed by atoms with Gasteiger partial charge in [0.2, 0.25) is 0 Å². The maximum atomic E-state index is 15.1. The number of hydrogen-bond acceptors (Lipinski definition) is 6. The second-order valence-corrected chi connectivity index (χ2v) is 18.6. The first-order chi connectivity index (χ1) is 24.5. The van der Waals surface area contributed by atoms with Crippen molar-refractivity contribution < 1.29 is 9.59 Å². The van der Waals surface area contributed by atoms with Gasteiger partial charge in [0.1, 0.15) is 0 Å². The molecule has 0 saturated carbocycles. The van der Waals surface area contributed by atoms with E-state index in [2.05, 4.69) is 72.5 Å². The zero-order chi connectivity index (χ0) is 35.0. The van der Waals surface area contributed by atoms with E-state index in [0.29, 0.717) is 36.1 Å². The van der Waals surface area contributed by atoms with E-state index in [1.165, 1.54) is 83.0 Å². The monoisotopic (exact) mass is 748 g/mol. The summed E-state index contributed by atoms with van der Waals surface area (Å²) in [6.07, 6.45) is 19.1. The largest absolute Gasteiger partial charge is 0.306 e. The van der Waals surface area contributed by atoms with Crippen LogP contribution < -0.4 is 0 Å². The van der Waals surface area contributed by atoms with Gasteiger partial charge in [-0.05, 0) is 72.5 Å². The van der Waals surface area contributed by atoms with Gasteiger partial charge in [-0.3, -0.25) is 9.59 Å². The summed E-state index contributed by atoms with van der Waals surface area (Å²) in [6, 6.07) is 8.84. The van der Waals surface area contributed by atoms with Crippen LogP contribution in [0, 0.1) is 11.8 Å². The van der Waals surface area contributed by atoms with E-state index in [0.717, 1.165) is 59.7 Å². The molecule has 0 bridgehead atoms. The predicted octanol–water partition coefficient (Wildman–Crippen LogP) is 13.6. The van der Waals surface area contributed by atoms with E-state index < -0.39 is 0 Å². The standard InChI is InChI=1S/C42H56N2O2S4/c1-5-9-13-15-19-29(17-11-7-3)27-43-39(35-25-33-31(49-35)21-23-47-33)37-38(41(43)45)40(36-26-34-32(50-36)22-24-48-34)44(42(37)46)28-30(18-12-8-4)20-16-14-10-6-2/h21-26,29-30H,5-20,27-28H2,1-4H3. The SMILES string of the molecule is CCCCCCC(CCCC)CN1C(=O)C2=C(c3cc4sccc4s3)N(CC(CCCC)CCCCCC)C(=O)C2=C1c1cc2sccc2s1. The Morgan fingerprint density at radius 2 is 0.920 bits per heavy atom. The van der Waals surface area contributed by atoms with Gasteiger partial charge in [-0.2, -0.15) is 0 Å². The summed E-state index contributed by atoms with van der Waals surface area (Å²) in [5, 5.41) is 4.28. The van der Waals surface area contributed by atoms with Crippen molar-refractivity contribution >= 4 is 87.4 Å². The summed E-state index contributed by atoms with van der Waals surface area (Å²) >= 11 is 6.97. The van der Waals surface area contributed by atoms with E-state index in [4.69, 9.17) is 0 Å². The number of thiophene rings is 4. The number of rotatable bonds is 22. The highest BCUT2D eigenvalue weighted by molar-refractivity contribution is 7.28. The molecule has 0 radical (unpaired) electrons. The van der Waals surface area contributed by atoms with Crippen molar-refractivity contribution in [3.63, 3.8) is 0 Å². The minimum Gasteiger partial charge on any atom is -0.306 e. The molecular weight excluding hydrogens is 693 g/mol. The molecule has 0 aliphatic carbocycles. The normalized spacial score (nSPS) is 16.3. The molecule has 0 aromatic carbocycles. The van der Waals surface area contributed by atoms with Gasteiger partial charge in [0.05, 0.1) is 32.3 Å². The third kappa shape index (κ3) is 8.19. The molecule has 270 valence electrons. The van der Waals surface area contributed by atoms with Crippen LogP contribution in [0.25, 0.3) is 30.2 Å². The molecule has 2 amide bonds. The van der Waals surface area contributed by atoms with Crippen LogP contribution in [-0.4, -0.2) is 34.7 Å². The summed E-state index contributed by atoms with van der Waals surface area (Å²) in [6.45, 7) is 10.4. The number of fused-ring (bicyclic) bond motifs is 3. The fourth-order valence-corrected chi connectivity index (χ4v) is 12.2. The first-order valence-corrected chi connectivity index (χ1v) is 23.0. The quantitative estimate of drug-likeness (QED) is 0.0751. The molecular formula is C42H56N2O2S4. The highest BCUT2D eigenvalue weighted by atomic mass is 32.1. The van der Waals surface area contributed by atoms with E-state index in [1.807, 2.05) is 0 Å². The Morgan fingerprint density at radius 3 is 1.30 bits per heavy atom. The van der Waals surface area contributed by atoms with Crippen molar-refractivity contribution in [2.75, 3.05) is 13.1 Å². The minimum atomic E-state index is 0.0393. The van der Waals surface area contributed by atoms with Crippen molar-refractivity contribution in [1.29, 1.82) is 0 Å². The summed E-state index contributed by atoms with van der Waals surface area (Å²) in [5.41, 5.74) is 3.09. The molecule has 0 fully saturated rings. The zero-order valence-corrected chi connectivity index (χ0v) is 34.0.